The summed E-state index contributed by atoms with van der Waals surface area (Å²) < 4.78 is 72.2. The molecule has 6 N–H and O–H groups in total. The number of methoxy groups -OCH3 is 2. The smallest absolute Gasteiger partial charge is 0.294 e. The van der Waals surface area contributed by atoms with Crippen molar-refractivity contribution in [3.05, 3.63) is 84.9 Å². The number of anilines is 2. The lowest BCUT2D eigenvalue weighted by atomic mass is 10.2. The normalized spacial score (nSPS) is 11.3. The first-order chi connectivity index (χ1) is 20.8. The van der Waals surface area contributed by atoms with Crippen LogP contribution in [0.2, 0.25) is 0 Å². The Labute approximate surface area is 253 Å². The number of carbonyl (C=O) groups excluding carboxylic acids is 1. The molecule has 4 aromatic carbocycles. The van der Waals surface area contributed by atoms with Gasteiger partial charge in [0.15, 0.2) is 0 Å². The zero-order valence-corrected chi connectivity index (χ0v) is 24.9. The highest BCUT2D eigenvalue weighted by Gasteiger charge is 2.10. The van der Waals surface area contributed by atoms with E-state index in [1.54, 1.807) is 48.5 Å². The van der Waals surface area contributed by atoms with E-state index in [2.05, 4.69) is 20.5 Å². The highest BCUT2D eigenvalue weighted by molar-refractivity contribution is 7.86. The highest BCUT2D eigenvalue weighted by atomic mass is 32.2. The van der Waals surface area contributed by atoms with Gasteiger partial charge in [0, 0.05) is 12.1 Å². The van der Waals surface area contributed by atoms with Crippen molar-refractivity contribution in [2.24, 2.45) is 20.5 Å². The van der Waals surface area contributed by atoms with Crippen LogP contribution in [0.1, 0.15) is 0 Å². The van der Waals surface area contributed by atoms with Crippen LogP contribution >= 0.6 is 0 Å². The predicted octanol–water partition coefficient (Wildman–Crippen LogP) is 5.69. The van der Waals surface area contributed by atoms with E-state index in [9.17, 15) is 16.8 Å². The third kappa shape index (κ3) is 10.6. The van der Waals surface area contributed by atoms with Crippen molar-refractivity contribution in [3.8, 4) is 11.5 Å². The summed E-state index contributed by atoms with van der Waals surface area (Å²) in [5.41, 5.74) is 13.9. The van der Waals surface area contributed by atoms with Crippen LogP contribution in [0.25, 0.3) is 0 Å². The maximum absolute atomic E-state index is 11.0. The molecule has 4 aromatic rings. The second-order valence-electron chi connectivity index (χ2n) is 8.20. The van der Waals surface area contributed by atoms with E-state index in [1.807, 2.05) is 6.79 Å². The Hall–Kier alpha value is -5.23. The molecule has 0 unspecified atom stereocenters. The maximum atomic E-state index is 11.0. The lowest BCUT2D eigenvalue weighted by molar-refractivity contribution is -0.0980. The monoisotopic (exact) mass is 644 g/mol. The Morgan fingerprint density at radius 1 is 0.568 bits per heavy atom. The SMILES string of the molecule is C=O.COc1cc(N=Nc2cccc(S(=O)(=O)O)c2)ccc1N.COc1cc(N=Nc2cccc(S(=O)(=O)O)c2)ccc1N. The molecule has 0 fully saturated rings. The Kier molecular flexibility index (Phi) is 12.6. The number of rotatable bonds is 8. The number of hydrogen-bond acceptors (Lipinski definition) is 13. The summed E-state index contributed by atoms with van der Waals surface area (Å²) in [6, 6.07) is 20.8. The van der Waals surface area contributed by atoms with Crippen molar-refractivity contribution < 1.29 is 40.2 Å². The second-order valence-corrected chi connectivity index (χ2v) is 11.0. The van der Waals surface area contributed by atoms with Gasteiger partial charge in [-0.15, -0.1) is 0 Å². The zero-order valence-electron chi connectivity index (χ0n) is 23.3. The fourth-order valence-electron chi connectivity index (χ4n) is 3.17. The summed E-state index contributed by atoms with van der Waals surface area (Å²) >= 11 is 0. The van der Waals surface area contributed by atoms with Crippen molar-refractivity contribution >= 4 is 61.1 Å². The maximum Gasteiger partial charge on any atom is 0.294 e. The van der Waals surface area contributed by atoms with Gasteiger partial charge in [0.1, 0.15) is 18.3 Å². The third-order valence-electron chi connectivity index (χ3n) is 5.23. The first kappa shape index (κ1) is 35.0. The number of carbonyl (C=O) groups is 1. The van der Waals surface area contributed by atoms with Crippen molar-refractivity contribution in [2.45, 2.75) is 9.79 Å². The third-order valence-corrected chi connectivity index (χ3v) is 6.93. The minimum Gasteiger partial charge on any atom is -0.495 e. The molecule has 44 heavy (non-hydrogen) atoms. The average molecular weight is 645 g/mol. The average Bonchev–Trinajstić information content (AvgIpc) is 3.01. The number of azo groups is 2. The molecular formula is C27H28N6O9S2. The van der Waals surface area contributed by atoms with Crippen LogP contribution in [-0.4, -0.2) is 46.9 Å². The van der Waals surface area contributed by atoms with Gasteiger partial charge < -0.3 is 25.7 Å². The number of nitrogens with zero attached hydrogens (tertiary/aromatic N) is 4. The van der Waals surface area contributed by atoms with Crippen molar-refractivity contribution in [1.82, 2.24) is 0 Å². The Balaban J connectivity index is 0.000000291. The van der Waals surface area contributed by atoms with Crippen molar-refractivity contribution in [2.75, 3.05) is 25.7 Å². The van der Waals surface area contributed by atoms with Crippen LogP contribution < -0.4 is 20.9 Å². The van der Waals surface area contributed by atoms with Gasteiger partial charge in [-0.05, 0) is 60.7 Å². The van der Waals surface area contributed by atoms with Gasteiger partial charge in [-0.25, -0.2) is 0 Å². The summed E-state index contributed by atoms with van der Waals surface area (Å²) in [6.07, 6.45) is 0. The molecule has 17 heteroatoms. The molecule has 0 saturated carbocycles. The summed E-state index contributed by atoms with van der Waals surface area (Å²) in [5.74, 6) is 0.941. The molecule has 0 bridgehead atoms. The molecule has 0 heterocycles. The molecule has 0 atom stereocenters. The molecule has 15 nitrogen and oxygen atoms in total. The fraction of sp³-hybridized carbons (Fsp3) is 0.0741. The van der Waals surface area contributed by atoms with E-state index in [0.717, 1.165) is 0 Å². The largest absolute Gasteiger partial charge is 0.495 e. The molecule has 0 spiro atoms. The van der Waals surface area contributed by atoms with E-state index in [0.29, 0.717) is 45.6 Å². The Morgan fingerprint density at radius 3 is 1.18 bits per heavy atom. The molecule has 0 saturated heterocycles. The van der Waals surface area contributed by atoms with Crippen LogP contribution in [0.4, 0.5) is 34.1 Å². The molecule has 0 aliphatic rings. The van der Waals surface area contributed by atoms with Gasteiger partial charge in [-0.3, -0.25) is 9.11 Å². The number of benzene rings is 4. The van der Waals surface area contributed by atoms with E-state index in [1.165, 1.54) is 50.6 Å². The van der Waals surface area contributed by atoms with Crippen LogP contribution in [0.15, 0.2) is 115 Å². The molecule has 0 radical (unpaired) electrons. The van der Waals surface area contributed by atoms with E-state index in [-0.39, 0.29) is 9.79 Å². The van der Waals surface area contributed by atoms with Crippen LogP contribution in [0.5, 0.6) is 11.5 Å². The number of hydrogen-bond donors (Lipinski definition) is 4. The number of ether oxygens (including phenoxy) is 2. The molecule has 0 aromatic heterocycles. The number of nitrogen functional groups attached to an aromatic ring is 2. The molecule has 0 amide bonds. The van der Waals surface area contributed by atoms with Gasteiger partial charge >= 0.3 is 0 Å². The summed E-state index contributed by atoms with van der Waals surface area (Å²) in [5, 5.41) is 15.7. The quantitative estimate of drug-likeness (QED) is 0.103. The van der Waals surface area contributed by atoms with Crippen LogP contribution in [0.3, 0.4) is 0 Å². The molecular weight excluding hydrogens is 616 g/mol. The predicted molar refractivity (Wildman–Crippen MR) is 163 cm³/mol. The van der Waals surface area contributed by atoms with Gasteiger partial charge in [-0.1, -0.05) is 12.1 Å². The van der Waals surface area contributed by atoms with Crippen molar-refractivity contribution in [3.63, 3.8) is 0 Å². The lowest BCUT2D eigenvalue weighted by Gasteiger charge is -2.03. The molecule has 0 aliphatic heterocycles. The molecule has 232 valence electrons. The van der Waals surface area contributed by atoms with Gasteiger partial charge in [0.2, 0.25) is 0 Å². The minimum atomic E-state index is -4.26. The molecule has 4 rings (SSSR count). The zero-order chi connectivity index (χ0) is 32.9. The summed E-state index contributed by atoms with van der Waals surface area (Å²) in [4.78, 5) is 7.52. The fourth-order valence-corrected chi connectivity index (χ4v) is 4.21. The highest BCUT2D eigenvalue weighted by Crippen LogP contribution is 2.29. The van der Waals surface area contributed by atoms with Gasteiger partial charge in [-0.2, -0.15) is 37.3 Å². The second kappa shape index (κ2) is 15.8. The summed E-state index contributed by atoms with van der Waals surface area (Å²) in [6.45, 7) is 2.00. The lowest BCUT2D eigenvalue weighted by Crippen LogP contribution is -1.96. The molecule has 0 aliphatic carbocycles. The first-order valence-electron chi connectivity index (χ1n) is 11.9. The minimum absolute atomic E-state index is 0.242. The topological polar surface area (TPSA) is 246 Å². The standard InChI is InChI=1S/2C13H13N3O4S.CH2O/c2*1-20-13-8-10(5-6-12(13)14)16-15-9-3-2-4-11(7-9)21(17,18)19;1-2/h2*2-8H,14H2,1H3,(H,17,18,19);1H2. The van der Waals surface area contributed by atoms with Crippen LogP contribution in [0, 0.1) is 0 Å². The van der Waals surface area contributed by atoms with E-state index >= 15 is 0 Å². The first-order valence-corrected chi connectivity index (χ1v) is 14.8. The van der Waals surface area contributed by atoms with E-state index < -0.39 is 20.2 Å². The summed E-state index contributed by atoms with van der Waals surface area (Å²) in [7, 11) is -5.55. The van der Waals surface area contributed by atoms with Crippen molar-refractivity contribution in [1.29, 1.82) is 0 Å². The number of nitrogens with two attached hydrogens (primary N) is 2. The van der Waals surface area contributed by atoms with Gasteiger partial charge in [0.05, 0.1) is 58.1 Å². The Bertz CT molecular complexity index is 1730. The van der Waals surface area contributed by atoms with E-state index in [4.69, 9.17) is 34.8 Å². The van der Waals surface area contributed by atoms with Gasteiger partial charge in [0.25, 0.3) is 20.2 Å². The van der Waals surface area contributed by atoms with Crippen LogP contribution in [-0.2, 0) is 25.0 Å². The Morgan fingerprint density at radius 2 is 0.886 bits per heavy atom.